The third-order valence-electron chi connectivity index (χ3n) is 3.46. The van der Waals surface area contributed by atoms with Crippen molar-refractivity contribution in [2.24, 2.45) is 10.7 Å². The van der Waals surface area contributed by atoms with Crippen molar-refractivity contribution < 1.29 is 19.9 Å². The molecule has 0 bridgehead atoms. The van der Waals surface area contributed by atoms with Crippen LogP contribution in [0.3, 0.4) is 0 Å². The van der Waals surface area contributed by atoms with Gasteiger partial charge < -0.3 is 26.2 Å². The number of nitrogens with zero attached hydrogens (tertiary/aromatic N) is 1. The predicted octanol–water partition coefficient (Wildman–Crippen LogP) is 0.123. The quantitative estimate of drug-likeness (QED) is 0.128. The lowest BCUT2D eigenvalue weighted by Gasteiger charge is -2.17. The zero-order valence-corrected chi connectivity index (χ0v) is 13.4. The van der Waals surface area contributed by atoms with Crippen molar-refractivity contribution in [2.75, 3.05) is 6.54 Å². The maximum atomic E-state index is 12.0. The molecular formula is C16H24N4O4. The SMILES string of the molecule is NC=NCCCC(CC(=O)NC(C=O)Cc1ccc(O)cc1)NO. The molecule has 8 heteroatoms. The Hall–Kier alpha value is -2.45. The number of carbonyl (C=O) groups is 2. The van der Waals surface area contributed by atoms with Crippen LogP contribution in [0.4, 0.5) is 0 Å². The van der Waals surface area contributed by atoms with Crippen molar-refractivity contribution in [3.63, 3.8) is 0 Å². The molecule has 0 radical (unpaired) electrons. The number of benzene rings is 1. The van der Waals surface area contributed by atoms with Crippen LogP contribution < -0.4 is 16.5 Å². The first-order valence-electron chi connectivity index (χ1n) is 7.71. The summed E-state index contributed by atoms with van der Waals surface area (Å²) in [5.41, 5.74) is 8.05. The Labute approximate surface area is 140 Å². The van der Waals surface area contributed by atoms with Gasteiger partial charge in [0.2, 0.25) is 5.91 Å². The van der Waals surface area contributed by atoms with Gasteiger partial charge in [-0.1, -0.05) is 12.1 Å². The smallest absolute Gasteiger partial charge is 0.222 e. The Morgan fingerprint density at radius 3 is 2.62 bits per heavy atom. The molecule has 2 unspecified atom stereocenters. The monoisotopic (exact) mass is 336 g/mol. The van der Waals surface area contributed by atoms with E-state index in [1.54, 1.807) is 12.1 Å². The van der Waals surface area contributed by atoms with Crippen LogP contribution in [0.2, 0.25) is 0 Å². The van der Waals surface area contributed by atoms with Crippen LogP contribution >= 0.6 is 0 Å². The summed E-state index contributed by atoms with van der Waals surface area (Å²) in [6.45, 7) is 0.522. The number of nitrogens with one attached hydrogen (secondary N) is 2. The molecule has 6 N–H and O–H groups in total. The van der Waals surface area contributed by atoms with Crippen molar-refractivity contribution >= 4 is 18.5 Å². The molecule has 0 aliphatic rings. The van der Waals surface area contributed by atoms with Crippen LogP contribution in [0.25, 0.3) is 0 Å². The first-order valence-corrected chi connectivity index (χ1v) is 7.71. The van der Waals surface area contributed by atoms with Crippen LogP contribution in [0.5, 0.6) is 5.75 Å². The molecule has 8 nitrogen and oxygen atoms in total. The number of carbonyl (C=O) groups excluding carboxylic acids is 2. The van der Waals surface area contributed by atoms with E-state index < -0.39 is 12.1 Å². The highest BCUT2D eigenvalue weighted by atomic mass is 16.5. The van der Waals surface area contributed by atoms with Crippen molar-refractivity contribution in [2.45, 2.75) is 37.8 Å². The van der Waals surface area contributed by atoms with Gasteiger partial charge in [0.05, 0.1) is 12.4 Å². The molecule has 0 saturated heterocycles. The summed E-state index contributed by atoms with van der Waals surface area (Å²) in [5, 5.41) is 21.0. The number of amides is 1. The van der Waals surface area contributed by atoms with E-state index in [0.717, 1.165) is 5.56 Å². The van der Waals surface area contributed by atoms with Gasteiger partial charge in [-0.3, -0.25) is 9.79 Å². The van der Waals surface area contributed by atoms with Gasteiger partial charge in [-0.15, -0.1) is 0 Å². The van der Waals surface area contributed by atoms with E-state index in [1.807, 2.05) is 0 Å². The normalized spacial score (nSPS) is 13.5. The van der Waals surface area contributed by atoms with Gasteiger partial charge in [0.1, 0.15) is 12.0 Å². The number of phenolic OH excluding ortho intramolecular Hbond substituents is 1. The molecule has 0 spiro atoms. The minimum absolute atomic E-state index is 0.0444. The van der Waals surface area contributed by atoms with Crippen molar-refractivity contribution in [3.8, 4) is 5.75 Å². The molecule has 0 heterocycles. The van der Waals surface area contributed by atoms with Crippen LogP contribution in [-0.2, 0) is 16.0 Å². The molecule has 0 fully saturated rings. The van der Waals surface area contributed by atoms with Gasteiger partial charge in [-0.2, -0.15) is 0 Å². The summed E-state index contributed by atoms with van der Waals surface area (Å²) in [7, 11) is 0. The van der Waals surface area contributed by atoms with E-state index >= 15 is 0 Å². The van der Waals surface area contributed by atoms with Gasteiger partial charge in [0, 0.05) is 19.0 Å². The second-order valence-corrected chi connectivity index (χ2v) is 5.41. The molecule has 0 aliphatic carbocycles. The summed E-state index contributed by atoms with van der Waals surface area (Å²) in [5.74, 6) is -0.193. The summed E-state index contributed by atoms with van der Waals surface area (Å²) >= 11 is 0. The fourth-order valence-electron chi connectivity index (χ4n) is 2.22. The van der Waals surface area contributed by atoms with Gasteiger partial charge in [0.15, 0.2) is 0 Å². The number of hydroxylamine groups is 1. The van der Waals surface area contributed by atoms with Crippen LogP contribution in [0, 0.1) is 0 Å². The Kier molecular flexibility index (Phi) is 9.10. The third kappa shape index (κ3) is 7.70. The van der Waals surface area contributed by atoms with E-state index in [9.17, 15) is 14.7 Å². The Morgan fingerprint density at radius 1 is 1.33 bits per heavy atom. The maximum Gasteiger partial charge on any atom is 0.222 e. The molecule has 0 saturated carbocycles. The fourth-order valence-corrected chi connectivity index (χ4v) is 2.22. The molecule has 2 atom stereocenters. The standard InChI is InChI=1S/C16H24N4O4/c17-11-18-7-1-2-13(20-24)9-16(23)19-14(10-21)8-12-3-5-15(22)6-4-12/h3-6,10-11,13-14,20,22,24H,1-2,7-9H2,(H2,17,18)(H,19,23). The first-order chi connectivity index (χ1) is 11.6. The summed E-state index contributed by atoms with van der Waals surface area (Å²) < 4.78 is 0. The second-order valence-electron chi connectivity index (χ2n) is 5.41. The number of aldehydes is 1. The van der Waals surface area contributed by atoms with Gasteiger partial charge in [-0.05, 0) is 37.0 Å². The largest absolute Gasteiger partial charge is 0.508 e. The van der Waals surface area contributed by atoms with Crippen molar-refractivity contribution in [1.29, 1.82) is 0 Å². The van der Waals surface area contributed by atoms with E-state index in [1.165, 1.54) is 18.5 Å². The number of hydrogen-bond donors (Lipinski definition) is 5. The van der Waals surface area contributed by atoms with Crippen LogP contribution in [-0.4, -0.2) is 47.5 Å². The fraction of sp³-hybridized carbons (Fsp3) is 0.438. The molecule has 1 aromatic carbocycles. The molecule has 0 aliphatic heterocycles. The lowest BCUT2D eigenvalue weighted by molar-refractivity contribution is -0.125. The first kappa shape index (κ1) is 19.6. The zero-order valence-electron chi connectivity index (χ0n) is 13.4. The van der Waals surface area contributed by atoms with Crippen LogP contribution in [0.15, 0.2) is 29.3 Å². The number of aliphatic imine (C=N–C) groups is 1. The van der Waals surface area contributed by atoms with Gasteiger partial charge in [0.25, 0.3) is 0 Å². The number of aromatic hydroxyl groups is 1. The highest BCUT2D eigenvalue weighted by Crippen LogP contribution is 2.11. The Balaban J connectivity index is 2.44. The van der Waals surface area contributed by atoms with E-state index in [0.29, 0.717) is 32.1 Å². The van der Waals surface area contributed by atoms with Crippen molar-refractivity contribution in [3.05, 3.63) is 29.8 Å². The Bertz CT molecular complexity index is 533. The van der Waals surface area contributed by atoms with E-state index in [-0.39, 0.29) is 18.1 Å². The summed E-state index contributed by atoms with van der Waals surface area (Å²) in [4.78, 5) is 27.0. The molecule has 0 aromatic heterocycles. The van der Waals surface area contributed by atoms with Crippen LogP contribution in [0.1, 0.15) is 24.8 Å². The summed E-state index contributed by atoms with van der Waals surface area (Å²) in [6.07, 6.45) is 3.48. The number of phenols is 1. The molecule has 1 aromatic rings. The zero-order chi connectivity index (χ0) is 17.8. The van der Waals surface area contributed by atoms with E-state index in [4.69, 9.17) is 10.9 Å². The minimum atomic E-state index is -0.664. The number of nitrogens with two attached hydrogens (primary N) is 1. The second kappa shape index (κ2) is 11.1. The third-order valence-corrected chi connectivity index (χ3v) is 3.46. The Morgan fingerprint density at radius 2 is 2.04 bits per heavy atom. The lowest BCUT2D eigenvalue weighted by atomic mass is 10.1. The number of hydrogen-bond acceptors (Lipinski definition) is 6. The highest BCUT2D eigenvalue weighted by Gasteiger charge is 2.16. The molecule has 132 valence electrons. The average molecular weight is 336 g/mol. The molecule has 1 amide bonds. The highest BCUT2D eigenvalue weighted by molar-refractivity contribution is 5.80. The van der Waals surface area contributed by atoms with Gasteiger partial charge in [-0.25, -0.2) is 5.48 Å². The van der Waals surface area contributed by atoms with E-state index in [2.05, 4.69) is 15.8 Å². The minimum Gasteiger partial charge on any atom is -0.508 e. The lowest BCUT2D eigenvalue weighted by Crippen LogP contribution is -2.41. The number of rotatable bonds is 11. The predicted molar refractivity (Wildman–Crippen MR) is 89.9 cm³/mol. The van der Waals surface area contributed by atoms with Crippen molar-refractivity contribution in [1.82, 2.24) is 10.8 Å². The molecular weight excluding hydrogens is 312 g/mol. The topological polar surface area (TPSA) is 137 Å². The molecule has 24 heavy (non-hydrogen) atoms. The molecule has 1 rings (SSSR count). The maximum absolute atomic E-state index is 12.0. The summed E-state index contributed by atoms with van der Waals surface area (Å²) in [6, 6.07) is 5.34. The van der Waals surface area contributed by atoms with Gasteiger partial charge >= 0.3 is 0 Å². The average Bonchev–Trinajstić information content (AvgIpc) is 2.58.